The third-order valence-corrected chi connectivity index (χ3v) is 8.87. The van der Waals surface area contributed by atoms with Crippen molar-refractivity contribution >= 4 is 50.0 Å². The molecule has 0 saturated heterocycles. The van der Waals surface area contributed by atoms with E-state index in [1.807, 2.05) is 6.92 Å². The first-order valence-electron chi connectivity index (χ1n) is 14.1. The Morgan fingerprint density at radius 2 is 1.74 bits per heavy atom. The van der Waals surface area contributed by atoms with Crippen LogP contribution in [0.5, 0.6) is 0 Å². The number of aromatic nitrogens is 5. The Balaban J connectivity index is 1.43. The quantitative estimate of drug-likeness (QED) is 0.164. The average Bonchev–Trinajstić information content (AvgIpc) is 3.05. The zero-order valence-corrected chi connectivity index (χ0v) is 26.1. The molecule has 3 heterocycles. The van der Waals surface area contributed by atoms with Crippen molar-refractivity contribution in [1.29, 1.82) is 0 Å². The summed E-state index contributed by atoms with van der Waals surface area (Å²) >= 11 is 5.82. The SMILES string of the molecule is CCC(Nc1nc(N)ncc1-c1cncc(S(=O)(=O)Nc2ccc(F)c(Cl)c2)c1)c1nc2cccc(F)c2c(=O)n1-c1ccccc1. The lowest BCUT2D eigenvalue weighted by Gasteiger charge is -2.23. The van der Waals surface area contributed by atoms with Gasteiger partial charge in [0.15, 0.2) is 0 Å². The third kappa shape index (κ3) is 6.33. The molecular weight excluding hydrogens is 650 g/mol. The number of nitrogens with two attached hydrogens (primary N) is 1. The lowest BCUT2D eigenvalue weighted by atomic mass is 10.1. The Bertz CT molecular complexity index is 2310. The number of nitrogens with zero attached hydrogens (tertiary/aromatic N) is 5. The zero-order valence-electron chi connectivity index (χ0n) is 24.5. The molecule has 238 valence electrons. The number of nitrogen functional groups attached to an aromatic ring is 1. The minimum atomic E-state index is -4.19. The van der Waals surface area contributed by atoms with Gasteiger partial charge >= 0.3 is 0 Å². The van der Waals surface area contributed by atoms with Crippen LogP contribution >= 0.6 is 11.6 Å². The van der Waals surface area contributed by atoms with E-state index in [-0.39, 0.29) is 44.1 Å². The first-order valence-corrected chi connectivity index (χ1v) is 16.0. The molecule has 47 heavy (non-hydrogen) atoms. The summed E-state index contributed by atoms with van der Waals surface area (Å²) < 4.78 is 58.7. The standard InChI is InChI=1S/C32H25ClF2N8O3S/c1-2-26(30-40-27-10-6-9-25(35)28(27)31(44)43(30)20-7-4-3-5-8-20)39-29-22(17-38-32(36)41-29)18-13-21(16-37-15-18)47(45,46)42-19-11-12-24(34)23(33)14-19/h3-17,26,42H,2H2,1H3,(H3,36,38,39,41). The maximum absolute atomic E-state index is 14.9. The molecule has 3 aromatic heterocycles. The summed E-state index contributed by atoms with van der Waals surface area (Å²) in [5.74, 6) is -0.985. The highest BCUT2D eigenvalue weighted by Gasteiger charge is 2.24. The van der Waals surface area contributed by atoms with E-state index < -0.39 is 33.3 Å². The summed E-state index contributed by atoms with van der Waals surface area (Å²) in [6, 6.07) is 17.1. The molecule has 4 N–H and O–H groups in total. The molecular formula is C32H25ClF2N8O3S. The first-order chi connectivity index (χ1) is 22.6. The van der Waals surface area contributed by atoms with Crippen molar-refractivity contribution < 1.29 is 17.2 Å². The molecule has 0 saturated carbocycles. The largest absolute Gasteiger partial charge is 0.368 e. The fourth-order valence-corrected chi connectivity index (χ4v) is 6.20. The summed E-state index contributed by atoms with van der Waals surface area (Å²) in [5.41, 5.74) is 6.75. The van der Waals surface area contributed by atoms with Gasteiger partial charge in [0, 0.05) is 29.7 Å². The van der Waals surface area contributed by atoms with E-state index in [9.17, 15) is 22.0 Å². The van der Waals surface area contributed by atoms with E-state index in [1.165, 1.54) is 41.2 Å². The topological polar surface area (TPSA) is 158 Å². The number of nitrogens with one attached hydrogen (secondary N) is 2. The highest BCUT2D eigenvalue weighted by molar-refractivity contribution is 7.92. The van der Waals surface area contributed by atoms with Gasteiger partial charge in [0.25, 0.3) is 15.6 Å². The van der Waals surface area contributed by atoms with Crippen molar-refractivity contribution in [2.75, 3.05) is 15.8 Å². The fraction of sp³-hybridized carbons (Fsp3) is 0.0938. The smallest absolute Gasteiger partial charge is 0.269 e. The van der Waals surface area contributed by atoms with Gasteiger partial charge in [-0.3, -0.25) is 19.1 Å². The summed E-state index contributed by atoms with van der Waals surface area (Å²) in [5, 5.41) is 2.89. The second kappa shape index (κ2) is 12.7. The average molecular weight is 675 g/mol. The molecule has 11 nitrogen and oxygen atoms in total. The summed E-state index contributed by atoms with van der Waals surface area (Å²) in [4.78, 5) is 30.9. The van der Waals surface area contributed by atoms with Crippen molar-refractivity contribution in [3.63, 3.8) is 0 Å². The Morgan fingerprint density at radius 3 is 2.49 bits per heavy atom. The van der Waals surface area contributed by atoms with Gasteiger partial charge in [0.2, 0.25) is 5.95 Å². The molecule has 0 aliphatic rings. The molecule has 3 aromatic carbocycles. The van der Waals surface area contributed by atoms with Crippen molar-refractivity contribution in [2.45, 2.75) is 24.3 Å². The number of para-hydroxylation sites is 1. The third-order valence-electron chi connectivity index (χ3n) is 7.23. The molecule has 0 spiro atoms. The van der Waals surface area contributed by atoms with Gasteiger partial charge in [-0.25, -0.2) is 27.2 Å². The maximum atomic E-state index is 14.9. The van der Waals surface area contributed by atoms with Crippen molar-refractivity contribution in [1.82, 2.24) is 24.5 Å². The highest BCUT2D eigenvalue weighted by atomic mass is 35.5. The molecule has 0 aliphatic carbocycles. The lowest BCUT2D eigenvalue weighted by molar-refractivity contribution is 0.600. The Hall–Kier alpha value is -5.47. The van der Waals surface area contributed by atoms with Gasteiger partial charge in [0.05, 0.1) is 28.0 Å². The van der Waals surface area contributed by atoms with Crippen LogP contribution in [-0.4, -0.2) is 32.9 Å². The minimum absolute atomic E-state index is 0.0537. The predicted octanol–water partition coefficient (Wildman–Crippen LogP) is 6.12. The molecule has 0 aliphatic heterocycles. The molecule has 0 amide bonds. The van der Waals surface area contributed by atoms with Gasteiger partial charge in [0.1, 0.15) is 33.6 Å². The van der Waals surface area contributed by atoms with Crippen LogP contribution in [0.4, 0.5) is 26.2 Å². The van der Waals surface area contributed by atoms with Crippen LogP contribution in [0.2, 0.25) is 5.02 Å². The van der Waals surface area contributed by atoms with Gasteiger partial charge in [-0.05, 0) is 55.0 Å². The zero-order chi connectivity index (χ0) is 33.3. The van der Waals surface area contributed by atoms with Crippen LogP contribution in [0.3, 0.4) is 0 Å². The second-order valence-electron chi connectivity index (χ2n) is 10.3. The van der Waals surface area contributed by atoms with Gasteiger partial charge in [-0.15, -0.1) is 0 Å². The number of halogens is 3. The minimum Gasteiger partial charge on any atom is -0.368 e. The predicted molar refractivity (Wildman–Crippen MR) is 176 cm³/mol. The van der Waals surface area contributed by atoms with Gasteiger partial charge < -0.3 is 11.1 Å². The molecule has 6 aromatic rings. The van der Waals surface area contributed by atoms with Crippen LogP contribution in [0.1, 0.15) is 25.2 Å². The number of sulfonamides is 1. The molecule has 0 fully saturated rings. The van der Waals surface area contributed by atoms with E-state index in [1.54, 1.807) is 36.4 Å². The van der Waals surface area contributed by atoms with Gasteiger partial charge in [-0.1, -0.05) is 42.8 Å². The number of hydrogen-bond acceptors (Lipinski definition) is 9. The van der Waals surface area contributed by atoms with Crippen LogP contribution in [0.25, 0.3) is 27.7 Å². The molecule has 1 atom stereocenters. The number of rotatable bonds is 9. The second-order valence-corrected chi connectivity index (χ2v) is 12.4. The van der Waals surface area contributed by atoms with E-state index in [0.717, 1.165) is 18.3 Å². The molecule has 1 unspecified atom stereocenters. The molecule has 6 rings (SSSR count). The van der Waals surface area contributed by atoms with Crippen molar-refractivity contribution in [2.24, 2.45) is 0 Å². The van der Waals surface area contributed by atoms with Crippen LogP contribution in [0, 0.1) is 11.6 Å². The lowest BCUT2D eigenvalue weighted by Crippen LogP contribution is -2.29. The van der Waals surface area contributed by atoms with Crippen LogP contribution in [0.15, 0.2) is 101 Å². The Kier molecular flexibility index (Phi) is 8.54. The number of hydrogen-bond donors (Lipinski definition) is 3. The molecule has 0 bridgehead atoms. The first kappa shape index (κ1) is 31.5. The number of pyridine rings is 1. The molecule has 0 radical (unpaired) electrons. The monoisotopic (exact) mass is 674 g/mol. The highest BCUT2D eigenvalue weighted by Crippen LogP contribution is 2.32. The maximum Gasteiger partial charge on any atom is 0.269 e. The normalized spacial score (nSPS) is 12.2. The van der Waals surface area contributed by atoms with Crippen LogP contribution in [-0.2, 0) is 10.0 Å². The fourth-order valence-electron chi connectivity index (χ4n) is 4.98. The summed E-state index contributed by atoms with van der Waals surface area (Å²) in [6.07, 6.45) is 4.37. The Labute approximate surface area is 272 Å². The van der Waals surface area contributed by atoms with Crippen molar-refractivity contribution in [3.05, 3.63) is 124 Å². The van der Waals surface area contributed by atoms with E-state index in [4.69, 9.17) is 22.3 Å². The van der Waals surface area contributed by atoms with E-state index in [0.29, 0.717) is 23.2 Å². The molecule has 15 heteroatoms. The summed E-state index contributed by atoms with van der Waals surface area (Å²) in [6.45, 7) is 1.86. The van der Waals surface area contributed by atoms with Gasteiger partial charge in [-0.2, -0.15) is 4.98 Å². The van der Waals surface area contributed by atoms with E-state index >= 15 is 0 Å². The summed E-state index contributed by atoms with van der Waals surface area (Å²) in [7, 11) is -4.19. The number of benzene rings is 3. The van der Waals surface area contributed by atoms with Crippen molar-refractivity contribution in [3.8, 4) is 16.8 Å². The Morgan fingerprint density at radius 1 is 0.957 bits per heavy atom. The van der Waals surface area contributed by atoms with E-state index in [2.05, 4.69) is 25.0 Å². The number of fused-ring (bicyclic) bond motifs is 1. The number of anilines is 3. The van der Waals surface area contributed by atoms with Crippen LogP contribution < -0.4 is 21.3 Å².